The van der Waals surface area contributed by atoms with Crippen LogP contribution < -0.4 is 0 Å². The SMILES string of the molecule is CCOC(=O)c1sc2cccc(F)c2c1COC(=O)CCS(=O)(=O)c1ccccc1F. The van der Waals surface area contributed by atoms with E-state index >= 15 is 0 Å². The molecule has 0 aliphatic carbocycles. The van der Waals surface area contributed by atoms with Crippen LogP contribution in [0, 0.1) is 11.6 Å². The Kier molecular flexibility index (Phi) is 7.01. The number of carbonyl (C=O) groups is 2. The maximum absolute atomic E-state index is 14.4. The van der Waals surface area contributed by atoms with E-state index in [0.29, 0.717) is 4.70 Å². The van der Waals surface area contributed by atoms with Crippen LogP contribution in [0.5, 0.6) is 0 Å². The quantitative estimate of drug-likeness (QED) is 0.459. The Labute approximate surface area is 181 Å². The fourth-order valence-corrected chi connectivity index (χ4v) is 5.34. The van der Waals surface area contributed by atoms with E-state index in [4.69, 9.17) is 9.47 Å². The number of fused-ring (bicyclic) bond motifs is 1. The summed E-state index contributed by atoms with van der Waals surface area (Å²) >= 11 is 1.01. The van der Waals surface area contributed by atoms with E-state index in [9.17, 15) is 26.8 Å². The van der Waals surface area contributed by atoms with Gasteiger partial charge in [-0.1, -0.05) is 18.2 Å². The van der Waals surface area contributed by atoms with Gasteiger partial charge in [-0.25, -0.2) is 22.0 Å². The molecular weight excluding hydrogens is 450 g/mol. The minimum absolute atomic E-state index is 0.105. The van der Waals surface area contributed by atoms with Gasteiger partial charge in [-0.3, -0.25) is 4.79 Å². The molecule has 6 nitrogen and oxygen atoms in total. The number of esters is 2. The topological polar surface area (TPSA) is 86.7 Å². The number of hydrogen-bond acceptors (Lipinski definition) is 7. The number of rotatable bonds is 8. The lowest BCUT2D eigenvalue weighted by molar-refractivity contribution is -0.144. The summed E-state index contributed by atoms with van der Waals surface area (Å²) in [6.45, 7) is 1.30. The Hall–Kier alpha value is -2.85. The molecule has 3 rings (SSSR count). The monoisotopic (exact) mass is 468 g/mol. The van der Waals surface area contributed by atoms with Gasteiger partial charge in [0.1, 0.15) is 28.0 Å². The van der Waals surface area contributed by atoms with Crippen molar-refractivity contribution in [2.45, 2.75) is 24.8 Å². The van der Waals surface area contributed by atoms with Crippen molar-refractivity contribution in [3.05, 3.63) is 64.5 Å². The maximum Gasteiger partial charge on any atom is 0.348 e. The molecule has 31 heavy (non-hydrogen) atoms. The van der Waals surface area contributed by atoms with Crippen molar-refractivity contribution in [3.63, 3.8) is 0 Å². The minimum Gasteiger partial charge on any atom is -0.462 e. The lowest BCUT2D eigenvalue weighted by atomic mass is 10.1. The number of halogens is 2. The molecule has 1 aromatic heterocycles. The molecule has 0 amide bonds. The van der Waals surface area contributed by atoms with Gasteiger partial charge < -0.3 is 9.47 Å². The number of benzene rings is 2. The van der Waals surface area contributed by atoms with Crippen molar-refractivity contribution in [2.24, 2.45) is 0 Å². The normalized spacial score (nSPS) is 11.5. The molecule has 0 saturated heterocycles. The zero-order valence-corrected chi connectivity index (χ0v) is 18.0. The average molecular weight is 468 g/mol. The van der Waals surface area contributed by atoms with Crippen LogP contribution in [-0.4, -0.2) is 32.7 Å². The number of ether oxygens (including phenoxy) is 2. The van der Waals surface area contributed by atoms with Crippen molar-refractivity contribution in [3.8, 4) is 0 Å². The molecule has 10 heteroatoms. The molecule has 1 heterocycles. The van der Waals surface area contributed by atoms with E-state index in [1.54, 1.807) is 13.0 Å². The summed E-state index contributed by atoms with van der Waals surface area (Å²) in [5, 5.41) is 0.141. The molecule has 0 radical (unpaired) electrons. The molecule has 3 aromatic rings. The zero-order valence-electron chi connectivity index (χ0n) is 16.4. The molecule has 0 bridgehead atoms. The Morgan fingerprint density at radius 2 is 1.71 bits per heavy atom. The highest BCUT2D eigenvalue weighted by molar-refractivity contribution is 7.91. The van der Waals surface area contributed by atoms with Crippen molar-refractivity contribution >= 4 is 43.2 Å². The van der Waals surface area contributed by atoms with E-state index in [1.165, 1.54) is 24.3 Å². The summed E-state index contributed by atoms with van der Waals surface area (Å²) in [7, 11) is -4.04. The van der Waals surface area contributed by atoms with E-state index in [0.717, 1.165) is 23.5 Å². The van der Waals surface area contributed by atoms with Gasteiger partial charge in [0.15, 0.2) is 9.84 Å². The lowest BCUT2D eigenvalue weighted by Crippen LogP contribution is -2.15. The van der Waals surface area contributed by atoms with Crippen LogP contribution >= 0.6 is 11.3 Å². The first-order chi connectivity index (χ1) is 14.7. The van der Waals surface area contributed by atoms with Crippen LogP contribution in [0.2, 0.25) is 0 Å². The van der Waals surface area contributed by atoms with E-state index in [-0.39, 0.29) is 22.4 Å². The summed E-state index contributed by atoms with van der Waals surface area (Å²) in [6.07, 6.45) is -0.532. The van der Waals surface area contributed by atoms with E-state index in [1.807, 2.05) is 0 Å². The highest BCUT2D eigenvalue weighted by Gasteiger charge is 2.24. The first-order valence-electron chi connectivity index (χ1n) is 9.24. The van der Waals surface area contributed by atoms with E-state index in [2.05, 4.69) is 0 Å². The zero-order chi connectivity index (χ0) is 22.6. The van der Waals surface area contributed by atoms with Gasteiger partial charge in [0.25, 0.3) is 0 Å². The third-order valence-corrected chi connectivity index (χ3v) is 7.27. The molecule has 0 N–H and O–H groups in total. The molecular formula is C21H18F2O6S2. The van der Waals surface area contributed by atoms with Gasteiger partial charge >= 0.3 is 11.9 Å². The van der Waals surface area contributed by atoms with Crippen molar-refractivity contribution in [1.82, 2.24) is 0 Å². The second-order valence-corrected chi connectivity index (χ2v) is 9.53. The predicted molar refractivity (Wildman–Crippen MR) is 111 cm³/mol. The third kappa shape index (κ3) is 5.08. The first kappa shape index (κ1) is 22.8. The molecule has 0 atom stereocenters. The van der Waals surface area contributed by atoms with E-state index < -0.39 is 57.1 Å². The van der Waals surface area contributed by atoms with Crippen molar-refractivity contribution in [1.29, 1.82) is 0 Å². The Balaban J connectivity index is 1.75. The largest absolute Gasteiger partial charge is 0.462 e. The summed E-state index contributed by atoms with van der Waals surface area (Å²) in [4.78, 5) is 24.0. The van der Waals surface area contributed by atoms with Gasteiger partial charge in [-0.05, 0) is 31.2 Å². The van der Waals surface area contributed by atoms with Crippen LogP contribution in [0.25, 0.3) is 10.1 Å². The smallest absolute Gasteiger partial charge is 0.348 e. The highest BCUT2D eigenvalue weighted by Crippen LogP contribution is 2.34. The Bertz CT molecular complexity index is 1230. The molecule has 0 saturated carbocycles. The second kappa shape index (κ2) is 9.52. The molecule has 0 aliphatic heterocycles. The predicted octanol–water partition coefficient (Wildman–Crippen LogP) is 4.26. The molecule has 164 valence electrons. The summed E-state index contributed by atoms with van der Waals surface area (Å²) in [6, 6.07) is 9.19. The van der Waals surface area contributed by atoms with Crippen LogP contribution in [0.1, 0.15) is 28.6 Å². The highest BCUT2D eigenvalue weighted by atomic mass is 32.2. The summed E-state index contributed by atoms with van der Waals surface area (Å²) in [5.41, 5.74) is 0.155. The first-order valence-corrected chi connectivity index (χ1v) is 11.7. The second-order valence-electron chi connectivity index (χ2n) is 6.40. The van der Waals surface area contributed by atoms with Crippen LogP contribution in [0.15, 0.2) is 47.4 Å². The number of carbonyl (C=O) groups excluding carboxylic acids is 2. The average Bonchev–Trinajstić information content (AvgIpc) is 3.11. The van der Waals surface area contributed by atoms with Gasteiger partial charge in [0.05, 0.1) is 18.8 Å². The molecule has 0 spiro atoms. The van der Waals surface area contributed by atoms with Gasteiger partial charge in [0, 0.05) is 15.6 Å². The van der Waals surface area contributed by atoms with Gasteiger partial charge in [-0.15, -0.1) is 11.3 Å². The van der Waals surface area contributed by atoms with Crippen molar-refractivity contribution < 1.29 is 36.3 Å². The third-order valence-electron chi connectivity index (χ3n) is 4.35. The van der Waals surface area contributed by atoms with Crippen LogP contribution in [-0.2, 0) is 30.7 Å². The molecule has 2 aromatic carbocycles. The molecule has 0 fully saturated rings. The number of sulfone groups is 1. The number of thiophene rings is 1. The summed E-state index contributed by atoms with van der Waals surface area (Å²) in [5.74, 6) is -3.70. The van der Waals surface area contributed by atoms with Crippen molar-refractivity contribution in [2.75, 3.05) is 12.4 Å². The fourth-order valence-electron chi connectivity index (χ4n) is 2.92. The van der Waals surface area contributed by atoms with Crippen LogP contribution in [0.4, 0.5) is 8.78 Å². The van der Waals surface area contributed by atoms with Crippen LogP contribution in [0.3, 0.4) is 0 Å². The number of hydrogen-bond donors (Lipinski definition) is 0. The van der Waals surface area contributed by atoms with Gasteiger partial charge in [-0.2, -0.15) is 0 Å². The molecule has 0 unspecified atom stereocenters. The standard InChI is InChI=1S/C21H18F2O6S2/c1-2-28-21(25)20-13(19-15(23)7-5-8-16(19)30-20)12-29-18(24)10-11-31(26,27)17-9-4-3-6-14(17)22/h3-9H,2,10-12H2,1H3. The molecule has 0 aliphatic rings. The fraction of sp³-hybridized carbons (Fsp3) is 0.238. The summed E-state index contributed by atoms with van der Waals surface area (Å²) < 4.78 is 63.2. The van der Waals surface area contributed by atoms with Gasteiger partial charge in [0.2, 0.25) is 0 Å². The Morgan fingerprint density at radius 1 is 1.00 bits per heavy atom. The minimum atomic E-state index is -4.04. The Morgan fingerprint density at radius 3 is 2.42 bits per heavy atom. The lowest BCUT2D eigenvalue weighted by Gasteiger charge is -2.08. The maximum atomic E-state index is 14.4.